The van der Waals surface area contributed by atoms with Crippen molar-refractivity contribution in [2.75, 3.05) is 11.6 Å². The van der Waals surface area contributed by atoms with Crippen LogP contribution in [0.15, 0.2) is 29.2 Å². The Bertz CT molecular complexity index is 618. The monoisotopic (exact) mass is 393 g/mol. The SMILES string of the molecule is CSc1cccc(NC(=O)CC23C[C@H]4C[C@@H](CC(Br)(C4)C2)C3)c1. The van der Waals surface area contributed by atoms with Gasteiger partial charge in [-0.15, -0.1) is 11.8 Å². The summed E-state index contributed by atoms with van der Waals surface area (Å²) >= 11 is 5.74. The molecule has 23 heavy (non-hydrogen) atoms. The van der Waals surface area contributed by atoms with Gasteiger partial charge in [-0.25, -0.2) is 0 Å². The molecule has 4 heteroatoms. The Balaban J connectivity index is 1.46. The van der Waals surface area contributed by atoms with Gasteiger partial charge in [0.25, 0.3) is 0 Å². The Morgan fingerprint density at radius 3 is 2.70 bits per heavy atom. The average Bonchev–Trinajstić information content (AvgIpc) is 2.43. The van der Waals surface area contributed by atoms with E-state index < -0.39 is 0 Å². The highest BCUT2D eigenvalue weighted by molar-refractivity contribution is 9.10. The number of anilines is 1. The summed E-state index contributed by atoms with van der Waals surface area (Å²) in [6.45, 7) is 0. The van der Waals surface area contributed by atoms with Crippen LogP contribution in [0.2, 0.25) is 0 Å². The van der Waals surface area contributed by atoms with Gasteiger partial charge in [0.05, 0.1) is 0 Å². The third-order valence-corrected chi connectivity index (χ3v) is 7.65. The number of hydrogen-bond donors (Lipinski definition) is 1. The van der Waals surface area contributed by atoms with Crippen molar-refractivity contribution >= 4 is 39.3 Å². The van der Waals surface area contributed by atoms with Crippen LogP contribution in [0.1, 0.15) is 44.9 Å². The largest absolute Gasteiger partial charge is 0.326 e. The van der Waals surface area contributed by atoms with Crippen LogP contribution in [0.3, 0.4) is 0 Å². The normalized spacial score (nSPS) is 37.8. The quantitative estimate of drug-likeness (QED) is 0.542. The molecule has 2 atom stereocenters. The number of nitrogens with one attached hydrogen (secondary N) is 1. The fourth-order valence-corrected chi connectivity index (χ4v) is 7.76. The van der Waals surface area contributed by atoms with E-state index in [2.05, 4.69) is 39.6 Å². The molecule has 1 amide bonds. The first kappa shape index (κ1) is 16.0. The molecule has 0 saturated heterocycles. The van der Waals surface area contributed by atoms with E-state index >= 15 is 0 Å². The molecular formula is C19H24BrNOS. The molecule has 1 N–H and O–H groups in total. The molecule has 5 rings (SSSR count). The maximum absolute atomic E-state index is 12.7. The number of alkyl halides is 1. The van der Waals surface area contributed by atoms with Crippen LogP contribution in [0.5, 0.6) is 0 Å². The third kappa shape index (κ3) is 3.21. The molecule has 4 saturated carbocycles. The van der Waals surface area contributed by atoms with Gasteiger partial charge in [0, 0.05) is 21.3 Å². The summed E-state index contributed by atoms with van der Waals surface area (Å²) in [5, 5.41) is 3.14. The van der Waals surface area contributed by atoms with Gasteiger partial charge in [-0.3, -0.25) is 4.79 Å². The maximum Gasteiger partial charge on any atom is 0.224 e. The minimum atomic E-state index is 0.196. The molecule has 4 aliphatic rings. The Labute approximate surface area is 151 Å². The molecule has 0 heterocycles. The highest BCUT2D eigenvalue weighted by atomic mass is 79.9. The summed E-state index contributed by atoms with van der Waals surface area (Å²) in [6, 6.07) is 8.14. The minimum absolute atomic E-state index is 0.196. The van der Waals surface area contributed by atoms with Crippen molar-refractivity contribution in [1.29, 1.82) is 0 Å². The first-order valence-electron chi connectivity index (χ1n) is 8.60. The molecular weight excluding hydrogens is 370 g/mol. The van der Waals surface area contributed by atoms with E-state index in [-0.39, 0.29) is 11.3 Å². The van der Waals surface area contributed by atoms with Gasteiger partial charge in [0.15, 0.2) is 0 Å². The molecule has 1 aromatic rings. The number of amides is 1. The highest BCUT2D eigenvalue weighted by Gasteiger charge is 2.57. The summed E-state index contributed by atoms with van der Waals surface area (Å²) < 4.78 is 0.329. The van der Waals surface area contributed by atoms with Gasteiger partial charge in [-0.05, 0) is 80.2 Å². The van der Waals surface area contributed by atoms with Crippen LogP contribution in [0.4, 0.5) is 5.69 Å². The molecule has 1 aromatic carbocycles. The lowest BCUT2D eigenvalue weighted by Gasteiger charge is -2.60. The molecule has 0 aromatic heterocycles. The molecule has 2 nitrogen and oxygen atoms in total. The zero-order valence-corrected chi connectivity index (χ0v) is 16.0. The summed E-state index contributed by atoms with van der Waals surface area (Å²) in [5.74, 6) is 1.87. The van der Waals surface area contributed by atoms with E-state index in [1.807, 2.05) is 12.1 Å². The number of halogens is 1. The Hall–Kier alpha value is -0.480. The van der Waals surface area contributed by atoms with Crippen molar-refractivity contribution in [3.8, 4) is 0 Å². The van der Waals surface area contributed by atoms with Crippen molar-refractivity contribution in [2.45, 2.75) is 54.2 Å². The maximum atomic E-state index is 12.7. The van der Waals surface area contributed by atoms with Crippen molar-refractivity contribution in [3.05, 3.63) is 24.3 Å². The summed E-state index contributed by atoms with van der Waals surface area (Å²) in [6.07, 6.45) is 10.5. The number of carbonyl (C=O) groups excluding carboxylic acids is 1. The summed E-state index contributed by atoms with van der Waals surface area (Å²) in [5.41, 5.74) is 1.18. The smallest absolute Gasteiger partial charge is 0.224 e. The number of benzene rings is 1. The van der Waals surface area contributed by atoms with Crippen molar-refractivity contribution in [2.24, 2.45) is 17.3 Å². The van der Waals surface area contributed by atoms with E-state index in [1.165, 1.54) is 43.4 Å². The second kappa shape index (κ2) is 5.80. The number of thioether (sulfide) groups is 1. The van der Waals surface area contributed by atoms with E-state index in [0.29, 0.717) is 10.7 Å². The highest BCUT2D eigenvalue weighted by Crippen LogP contribution is 2.65. The first-order valence-corrected chi connectivity index (χ1v) is 10.6. The van der Waals surface area contributed by atoms with Gasteiger partial charge in [0.1, 0.15) is 0 Å². The molecule has 4 aliphatic carbocycles. The third-order valence-electron chi connectivity index (χ3n) is 6.00. The van der Waals surface area contributed by atoms with Crippen molar-refractivity contribution < 1.29 is 4.79 Å². The van der Waals surface area contributed by atoms with Gasteiger partial charge >= 0.3 is 0 Å². The van der Waals surface area contributed by atoms with Gasteiger partial charge in [-0.2, -0.15) is 0 Å². The van der Waals surface area contributed by atoms with Crippen LogP contribution in [-0.2, 0) is 4.79 Å². The lowest BCUT2D eigenvalue weighted by Crippen LogP contribution is -2.53. The fourth-order valence-electron chi connectivity index (χ4n) is 5.79. The molecule has 0 radical (unpaired) electrons. The van der Waals surface area contributed by atoms with Crippen LogP contribution >= 0.6 is 27.7 Å². The predicted molar refractivity (Wildman–Crippen MR) is 100 cm³/mol. The predicted octanol–water partition coefficient (Wildman–Crippen LogP) is 5.47. The first-order chi connectivity index (χ1) is 11.0. The minimum Gasteiger partial charge on any atom is -0.326 e. The lowest BCUT2D eigenvalue weighted by atomic mass is 9.48. The number of hydrogen-bond acceptors (Lipinski definition) is 2. The molecule has 0 aliphatic heterocycles. The second-order valence-corrected chi connectivity index (χ2v) is 10.6. The Morgan fingerprint density at radius 1 is 1.30 bits per heavy atom. The Morgan fingerprint density at radius 2 is 2.04 bits per heavy atom. The average molecular weight is 394 g/mol. The lowest BCUT2D eigenvalue weighted by molar-refractivity contribution is -0.123. The molecule has 4 fully saturated rings. The van der Waals surface area contributed by atoms with Crippen LogP contribution < -0.4 is 5.32 Å². The number of carbonyl (C=O) groups is 1. The van der Waals surface area contributed by atoms with E-state index in [9.17, 15) is 4.79 Å². The topological polar surface area (TPSA) is 29.1 Å². The second-order valence-electron chi connectivity index (χ2n) is 8.07. The Kier molecular flexibility index (Phi) is 4.04. The standard InChI is InChI=1S/C19H24BrNOS/c1-23-16-4-2-3-15(6-16)21-17(22)11-18-7-13-5-14(8-18)10-19(20,9-13)12-18/h2-4,6,13-14H,5,7-12H2,1H3,(H,21,22)/t13-,14-,18?,19?/m1/s1. The van der Waals surface area contributed by atoms with E-state index in [0.717, 1.165) is 17.5 Å². The zero-order chi connectivity index (χ0) is 16.1. The number of rotatable bonds is 4. The van der Waals surface area contributed by atoms with Crippen LogP contribution in [-0.4, -0.2) is 16.5 Å². The molecule has 0 unspecified atom stereocenters. The summed E-state index contributed by atoms with van der Waals surface area (Å²) in [7, 11) is 0. The van der Waals surface area contributed by atoms with Gasteiger partial charge in [-0.1, -0.05) is 22.0 Å². The van der Waals surface area contributed by atoms with E-state index in [4.69, 9.17) is 0 Å². The zero-order valence-electron chi connectivity index (χ0n) is 13.6. The van der Waals surface area contributed by atoms with Crippen LogP contribution in [0.25, 0.3) is 0 Å². The fraction of sp³-hybridized carbons (Fsp3) is 0.632. The molecule has 4 bridgehead atoms. The summed E-state index contributed by atoms with van der Waals surface area (Å²) in [4.78, 5) is 13.9. The van der Waals surface area contributed by atoms with Crippen LogP contribution in [0, 0.1) is 17.3 Å². The molecule has 124 valence electrons. The van der Waals surface area contributed by atoms with E-state index in [1.54, 1.807) is 11.8 Å². The van der Waals surface area contributed by atoms with Gasteiger partial charge < -0.3 is 5.32 Å². The van der Waals surface area contributed by atoms with Crippen molar-refractivity contribution in [1.82, 2.24) is 0 Å². The van der Waals surface area contributed by atoms with Crippen molar-refractivity contribution in [3.63, 3.8) is 0 Å². The van der Waals surface area contributed by atoms with Gasteiger partial charge in [0.2, 0.25) is 5.91 Å². The molecule has 0 spiro atoms.